The van der Waals surface area contributed by atoms with Gasteiger partial charge in [0.15, 0.2) is 5.82 Å². The fourth-order valence-corrected chi connectivity index (χ4v) is 4.95. The Morgan fingerprint density at radius 2 is 1.86 bits per heavy atom. The van der Waals surface area contributed by atoms with Crippen molar-refractivity contribution >= 4 is 5.91 Å². The van der Waals surface area contributed by atoms with Crippen LogP contribution in [0.4, 0.5) is 13.2 Å². The van der Waals surface area contributed by atoms with E-state index in [9.17, 15) is 18.0 Å². The summed E-state index contributed by atoms with van der Waals surface area (Å²) in [6.45, 7) is 0.566. The van der Waals surface area contributed by atoms with Gasteiger partial charge in [0.2, 0.25) is 5.88 Å². The number of fused-ring (bicyclic) bond motifs is 3. The number of alkyl halides is 3. The monoisotopic (exact) mass is 484 g/mol. The number of piperidine rings is 2. The molecule has 0 spiro atoms. The molecule has 2 aliphatic heterocycles. The Morgan fingerprint density at radius 1 is 1.06 bits per heavy atom. The van der Waals surface area contributed by atoms with Crippen LogP contribution in [0.2, 0.25) is 0 Å². The summed E-state index contributed by atoms with van der Waals surface area (Å²) < 4.78 is 50.2. The van der Waals surface area contributed by atoms with Gasteiger partial charge in [-0.15, -0.1) is 0 Å². The van der Waals surface area contributed by atoms with E-state index >= 15 is 0 Å². The van der Waals surface area contributed by atoms with Crippen LogP contribution in [0.25, 0.3) is 11.4 Å². The lowest BCUT2D eigenvalue weighted by atomic mass is 9.77. The summed E-state index contributed by atoms with van der Waals surface area (Å²) >= 11 is 0. The number of hydrogen-bond donors (Lipinski definition) is 0. The average Bonchev–Trinajstić information content (AvgIpc) is 2.88. The highest BCUT2D eigenvalue weighted by Crippen LogP contribution is 2.40. The van der Waals surface area contributed by atoms with Gasteiger partial charge >= 0.3 is 6.18 Å². The summed E-state index contributed by atoms with van der Waals surface area (Å²) in [6.07, 6.45) is 1.54. The van der Waals surface area contributed by atoms with Gasteiger partial charge in [0.25, 0.3) is 5.91 Å². The third-order valence-electron chi connectivity index (χ3n) is 6.58. The minimum Gasteiger partial charge on any atom is -0.496 e. The normalized spacial score (nSPS) is 21.6. The number of pyridine rings is 1. The second kappa shape index (κ2) is 9.16. The number of hydrogen-bond acceptors (Lipinski definition) is 6. The molecular formula is C25H23F3N4O3. The summed E-state index contributed by atoms with van der Waals surface area (Å²) in [4.78, 5) is 28.2. The van der Waals surface area contributed by atoms with Gasteiger partial charge in [0.1, 0.15) is 11.9 Å². The molecule has 3 aromatic rings. The summed E-state index contributed by atoms with van der Waals surface area (Å²) in [6, 6.07) is 8.93. The van der Waals surface area contributed by atoms with Gasteiger partial charge < -0.3 is 14.4 Å². The van der Waals surface area contributed by atoms with Crippen LogP contribution in [0.15, 0.2) is 55.0 Å². The van der Waals surface area contributed by atoms with Gasteiger partial charge in [-0.05, 0) is 43.4 Å². The Labute approximate surface area is 199 Å². The Bertz CT molecular complexity index is 1200. The van der Waals surface area contributed by atoms with Crippen molar-refractivity contribution in [1.29, 1.82) is 0 Å². The molecular weight excluding hydrogens is 461 g/mol. The first kappa shape index (κ1) is 23.1. The molecule has 1 aromatic carbocycles. The molecule has 35 heavy (non-hydrogen) atoms. The maximum Gasteiger partial charge on any atom is 0.417 e. The molecule has 4 heterocycles. The smallest absolute Gasteiger partial charge is 0.417 e. The van der Waals surface area contributed by atoms with Crippen LogP contribution in [0.3, 0.4) is 0 Å². The van der Waals surface area contributed by atoms with Crippen molar-refractivity contribution in [2.45, 2.75) is 37.6 Å². The number of benzene rings is 1. The van der Waals surface area contributed by atoms with E-state index in [2.05, 4.69) is 15.0 Å². The van der Waals surface area contributed by atoms with Crippen molar-refractivity contribution in [2.75, 3.05) is 13.7 Å². The number of aromatic nitrogens is 3. The van der Waals surface area contributed by atoms with Gasteiger partial charge in [-0.25, -0.2) is 15.0 Å². The van der Waals surface area contributed by atoms with Crippen molar-refractivity contribution in [3.63, 3.8) is 0 Å². The molecule has 2 saturated heterocycles. The minimum atomic E-state index is -4.46. The maximum atomic E-state index is 13.9. The van der Waals surface area contributed by atoms with E-state index in [1.165, 1.54) is 13.2 Å². The number of rotatable bonds is 5. The number of methoxy groups -OCH3 is 1. The van der Waals surface area contributed by atoms with Crippen molar-refractivity contribution in [1.82, 2.24) is 19.9 Å². The van der Waals surface area contributed by atoms with Crippen LogP contribution >= 0.6 is 0 Å². The predicted molar refractivity (Wildman–Crippen MR) is 120 cm³/mol. The molecule has 0 N–H and O–H groups in total. The van der Waals surface area contributed by atoms with Crippen molar-refractivity contribution < 1.29 is 27.4 Å². The van der Waals surface area contributed by atoms with E-state index in [-0.39, 0.29) is 29.9 Å². The third kappa shape index (κ3) is 4.52. The Balaban J connectivity index is 1.43. The summed E-state index contributed by atoms with van der Waals surface area (Å²) in [5.74, 6) is 0.948. The first-order valence-electron chi connectivity index (χ1n) is 11.3. The van der Waals surface area contributed by atoms with Crippen LogP contribution in [0.5, 0.6) is 11.6 Å². The average molecular weight is 484 g/mol. The lowest BCUT2D eigenvalue weighted by Crippen LogP contribution is -2.59. The van der Waals surface area contributed by atoms with E-state index in [4.69, 9.17) is 9.47 Å². The molecule has 10 heteroatoms. The quantitative estimate of drug-likeness (QED) is 0.525. The molecule has 6 rings (SSSR count). The zero-order chi connectivity index (χ0) is 24.6. The molecule has 3 fully saturated rings. The van der Waals surface area contributed by atoms with E-state index in [1.807, 2.05) is 0 Å². The first-order valence-corrected chi connectivity index (χ1v) is 11.3. The first-order chi connectivity index (χ1) is 16.8. The summed E-state index contributed by atoms with van der Waals surface area (Å²) in [5.41, 5.74) is 0.108. The van der Waals surface area contributed by atoms with Gasteiger partial charge in [0.05, 0.1) is 24.3 Å². The highest BCUT2D eigenvalue weighted by molar-refractivity contribution is 6.03. The number of ether oxygens (including phenoxy) is 2. The Hall–Kier alpha value is -3.69. The van der Waals surface area contributed by atoms with Gasteiger partial charge in [-0.3, -0.25) is 4.79 Å². The zero-order valence-corrected chi connectivity index (χ0v) is 18.9. The summed E-state index contributed by atoms with van der Waals surface area (Å²) in [5, 5.41) is 0. The fourth-order valence-electron chi connectivity index (χ4n) is 4.95. The standard InChI is InChI=1S/C25H23F3N4O3/c1-34-19-5-2-4-17(23-29-10-3-11-30-23)22(19)24(33)32-14-15-6-8-18(32)20(12-15)35-21-9-7-16(13-31-21)25(26,27)28/h2-5,7,9-11,13,15,18,20H,6,8,12,14H2,1H3. The topological polar surface area (TPSA) is 77.4 Å². The third-order valence-corrected chi connectivity index (χ3v) is 6.58. The van der Waals surface area contributed by atoms with Gasteiger partial charge in [-0.1, -0.05) is 12.1 Å². The highest BCUT2D eigenvalue weighted by Gasteiger charge is 2.45. The predicted octanol–water partition coefficient (Wildman–Crippen LogP) is 4.64. The minimum absolute atomic E-state index is 0.110. The molecule has 3 aliphatic rings. The van der Waals surface area contributed by atoms with Gasteiger partial charge in [0, 0.05) is 36.8 Å². The second-order valence-electron chi connectivity index (χ2n) is 8.70. The van der Waals surface area contributed by atoms with E-state index in [0.717, 1.165) is 25.1 Å². The SMILES string of the molecule is COc1cccc(-c2ncccn2)c1C(=O)N1CC2CCC1C(Oc1ccc(C(F)(F)F)cn1)C2. The Kier molecular flexibility index (Phi) is 6.04. The lowest BCUT2D eigenvalue weighted by molar-refractivity contribution is -0.137. The fraction of sp³-hybridized carbons (Fsp3) is 0.360. The molecule has 0 radical (unpaired) electrons. The van der Waals surface area contributed by atoms with Crippen LogP contribution in [0.1, 0.15) is 35.2 Å². The van der Waals surface area contributed by atoms with E-state index in [0.29, 0.717) is 35.7 Å². The number of nitrogens with zero attached hydrogens (tertiary/aromatic N) is 4. The van der Waals surface area contributed by atoms with Crippen molar-refractivity contribution in [3.05, 3.63) is 66.1 Å². The largest absolute Gasteiger partial charge is 0.496 e. The molecule has 3 atom stereocenters. The van der Waals surface area contributed by atoms with E-state index in [1.54, 1.807) is 41.6 Å². The molecule has 182 valence electrons. The number of halogens is 3. The highest BCUT2D eigenvalue weighted by atomic mass is 19.4. The van der Waals surface area contributed by atoms with Crippen molar-refractivity contribution in [2.24, 2.45) is 5.92 Å². The van der Waals surface area contributed by atoms with Gasteiger partial charge in [-0.2, -0.15) is 13.2 Å². The lowest BCUT2D eigenvalue weighted by Gasteiger charge is -2.49. The molecule has 1 amide bonds. The van der Waals surface area contributed by atoms with E-state index < -0.39 is 11.7 Å². The molecule has 2 aromatic heterocycles. The molecule has 3 unspecified atom stereocenters. The second-order valence-corrected chi connectivity index (χ2v) is 8.70. The van der Waals surface area contributed by atoms with Crippen molar-refractivity contribution in [3.8, 4) is 23.0 Å². The van der Waals surface area contributed by atoms with Crippen LogP contribution in [-0.4, -0.2) is 51.6 Å². The number of carbonyl (C=O) groups excluding carboxylic acids is 1. The van der Waals surface area contributed by atoms with Crippen LogP contribution in [-0.2, 0) is 6.18 Å². The maximum absolute atomic E-state index is 13.9. The summed E-state index contributed by atoms with van der Waals surface area (Å²) in [7, 11) is 1.51. The number of carbonyl (C=O) groups is 1. The van der Waals surface area contributed by atoms with Crippen LogP contribution < -0.4 is 9.47 Å². The Morgan fingerprint density at radius 3 is 2.51 bits per heavy atom. The molecule has 2 bridgehead atoms. The zero-order valence-electron chi connectivity index (χ0n) is 18.9. The van der Waals surface area contributed by atoms with Crippen LogP contribution in [0, 0.1) is 5.92 Å². The molecule has 7 nitrogen and oxygen atoms in total. The molecule has 1 saturated carbocycles. The molecule has 1 aliphatic carbocycles. The number of amides is 1.